The van der Waals surface area contributed by atoms with Crippen molar-refractivity contribution in [3.63, 3.8) is 0 Å². The van der Waals surface area contributed by atoms with Crippen LogP contribution in [-0.4, -0.2) is 27.1 Å². The van der Waals surface area contributed by atoms with Gasteiger partial charge in [0.15, 0.2) is 0 Å². The predicted octanol–water partition coefficient (Wildman–Crippen LogP) is 1.29. The summed E-state index contributed by atoms with van der Waals surface area (Å²) in [4.78, 5) is 12.0. The fourth-order valence-electron chi connectivity index (χ4n) is 1.45. The monoisotopic (exact) mass is 299 g/mol. The number of aryl methyl sites for hydroxylation is 1. The van der Waals surface area contributed by atoms with E-state index in [4.69, 9.17) is 5.73 Å². The molecule has 1 aromatic carbocycles. The molecule has 0 atom stereocenters. The number of carbonyl (C=O) groups excluding carboxylic acids is 1. The Hall–Kier alpha value is -1.60. The lowest BCUT2D eigenvalue weighted by atomic mass is 9.92. The molecule has 0 saturated carbocycles. The number of sulfonamides is 1. The molecule has 4 N–H and O–H groups in total. The normalized spacial score (nSPS) is 12.1. The third-order valence-electron chi connectivity index (χ3n) is 2.90. The maximum Gasteiger partial charge on any atom is 0.231 e. The van der Waals surface area contributed by atoms with Gasteiger partial charge in [0.1, 0.15) is 0 Å². The topological polar surface area (TPSA) is 101 Å². The zero-order valence-corrected chi connectivity index (χ0v) is 13.0. The first-order valence-electron chi connectivity index (χ1n) is 6.15. The Morgan fingerprint density at radius 3 is 2.40 bits per heavy atom. The highest BCUT2D eigenvalue weighted by Crippen LogP contribution is 2.22. The van der Waals surface area contributed by atoms with Crippen LogP contribution < -0.4 is 15.8 Å². The van der Waals surface area contributed by atoms with Gasteiger partial charge in [0.2, 0.25) is 15.9 Å². The molecule has 0 saturated heterocycles. The minimum absolute atomic E-state index is 0.178. The third-order valence-corrected chi connectivity index (χ3v) is 3.50. The van der Waals surface area contributed by atoms with Crippen molar-refractivity contribution < 1.29 is 13.2 Å². The summed E-state index contributed by atoms with van der Waals surface area (Å²) in [7, 11) is -3.32. The summed E-state index contributed by atoms with van der Waals surface area (Å²) >= 11 is 0. The minimum Gasteiger partial charge on any atom is -0.329 e. The van der Waals surface area contributed by atoms with Crippen LogP contribution in [-0.2, 0) is 14.8 Å². The number of anilines is 2. The summed E-state index contributed by atoms with van der Waals surface area (Å²) in [6.07, 6.45) is 1.09. The van der Waals surface area contributed by atoms with Crippen LogP contribution in [0.2, 0.25) is 0 Å². The first-order chi connectivity index (χ1) is 9.05. The number of benzene rings is 1. The fraction of sp³-hybridized carbons (Fsp3) is 0.462. The largest absolute Gasteiger partial charge is 0.329 e. The van der Waals surface area contributed by atoms with E-state index in [9.17, 15) is 13.2 Å². The molecule has 0 aliphatic rings. The Morgan fingerprint density at radius 2 is 1.95 bits per heavy atom. The highest BCUT2D eigenvalue weighted by atomic mass is 32.2. The molecule has 1 rings (SSSR count). The van der Waals surface area contributed by atoms with Crippen molar-refractivity contribution >= 4 is 27.3 Å². The van der Waals surface area contributed by atoms with Gasteiger partial charge in [-0.15, -0.1) is 0 Å². The van der Waals surface area contributed by atoms with Crippen LogP contribution in [0.5, 0.6) is 0 Å². The van der Waals surface area contributed by atoms with Gasteiger partial charge in [-0.1, -0.05) is 0 Å². The van der Waals surface area contributed by atoms with E-state index in [2.05, 4.69) is 10.0 Å². The quantitative estimate of drug-likeness (QED) is 0.762. The number of carbonyl (C=O) groups is 1. The maximum absolute atomic E-state index is 12.0. The van der Waals surface area contributed by atoms with E-state index in [0.29, 0.717) is 11.4 Å². The molecule has 1 aromatic rings. The Bertz CT molecular complexity index is 609. The van der Waals surface area contributed by atoms with Crippen molar-refractivity contribution in [2.24, 2.45) is 11.1 Å². The SMILES string of the molecule is Cc1cc(NC(=O)C(C)(C)CN)ccc1NS(C)(=O)=O. The molecule has 0 bridgehead atoms. The van der Waals surface area contributed by atoms with E-state index in [-0.39, 0.29) is 12.5 Å². The summed E-state index contributed by atoms with van der Waals surface area (Å²) in [5.74, 6) is -0.178. The van der Waals surface area contributed by atoms with Crippen molar-refractivity contribution in [1.82, 2.24) is 0 Å². The third kappa shape index (κ3) is 4.50. The lowest BCUT2D eigenvalue weighted by Crippen LogP contribution is -2.37. The van der Waals surface area contributed by atoms with Gasteiger partial charge >= 0.3 is 0 Å². The fourth-order valence-corrected chi connectivity index (χ4v) is 2.08. The van der Waals surface area contributed by atoms with Crippen LogP contribution in [0.1, 0.15) is 19.4 Å². The number of hydrogen-bond donors (Lipinski definition) is 3. The van der Waals surface area contributed by atoms with Crippen LogP contribution in [0.15, 0.2) is 18.2 Å². The van der Waals surface area contributed by atoms with Crippen LogP contribution in [0, 0.1) is 12.3 Å². The number of rotatable bonds is 5. The standard InChI is InChI=1S/C13H21N3O3S/c1-9-7-10(15-12(17)13(2,3)8-14)5-6-11(9)16-20(4,18)19/h5-7,16H,8,14H2,1-4H3,(H,15,17). The number of hydrogen-bond acceptors (Lipinski definition) is 4. The molecule has 6 nitrogen and oxygen atoms in total. The van der Waals surface area contributed by atoms with E-state index in [1.165, 1.54) is 0 Å². The average Bonchev–Trinajstić information content (AvgIpc) is 2.31. The molecule has 0 fully saturated rings. The van der Waals surface area contributed by atoms with Gasteiger partial charge in [-0.05, 0) is 44.5 Å². The maximum atomic E-state index is 12.0. The molecule has 0 aliphatic carbocycles. The van der Waals surface area contributed by atoms with Crippen LogP contribution in [0.4, 0.5) is 11.4 Å². The summed E-state index contributed by atoms with van der Waals surface area (Å²) in [5.41, 5.74) is 6.71. The van der Waals surface area contributed by atoms with Crippen molar-refractivity contribution in [2.75, 3.05) is 22.8 Å². The van der Waals surface area contributed by atoms with Crippen molar-refractivity contribution in [1.29, 1.82) is 0 Å². The summed E-state index contributed by atoms with van der Waals surface area (Å²) in [6, 6.07) is 4.96. The second kappa shape index (κ2) is 5.80. The Balaban J connectivity index is 2.91. The lowest BCUT2D eigenvalue weighted by Gasteiger charge is -2.21. The van der Waals surface area contributed by atoms with Crippen LogP contribution in [0.25, 0.3) is 0 Å². The molecule has 1 amide bonds. The van der Waals surface area contributed by atoms with E-state index in [1.807, 2.05) is 0 Å². The van der Waals surface area contributed by atoms with Crippen molar-refractivity contribution in [3.05, 3.63) is 23.8 Å². The Morgan fingerprint density at radius 1 is 1.35 bits per heavy atom. The van der Waals surface area contributed by atoms with Crippen LogP contribution in [0.3, 0.4) is 0 Å². The number of nitrogens with two attached hydrogens (primary N) is 1. The smallest absolute Gasteiger partial charge is 0.231 e. The molecule has 0 spiro atoms. The molecule has 7 heteroatoms. The molecule has 112 valence electrons. The molecule has 0 aliphatic heterocycles. The molecule has 20 heavy (non-hydrogen) atoms. The number of amides is 1. The molecule has 0 radical (unpaired) electrons. The van der Waals surface area contributed by atoms with Gasteiger partial charge in [0, 0.05) is 12.2 Å². The highest BCUT2D eigenvalue weighted by molar-refractivity contribution is 7.92. The first kappa shape index (κ1) is 16.5. The van der Waals surface area contributed by atoms with Gasteiger partial charge in [-0.2, -0.15) is 0 Å². The van der Waals surface area contributed by atoms with E-state index in [0.717, 1.165) is 11.8 Å². The average molecular weight is 299 g/mol. The molecule has 0 heterocycles. The van der Waals surface area contributed by atoms with Crippen molar-refractivity contribution in [3.8, 4) is 0 Å². The zero-order valence-electron chi connectivity index (χ0n) is 12.1. The first-order valence-corrected chi connectivity index (χ1v) is 8.04. The van der Waals surface area contributed by atoms with E-state index < -0.39 is 15.4 Å². The van der Waals surface area contributed by atoms with Gasteiger partial charge < -0.3 is 11.1 Å². The van der Waals surface area contributed by atoms with Crippen molar-refractivity contribution in [2.45, 2.75) is 20.8 Å². The Kier molecular flexibility index (Phi) is 4.77. The van der Waals surface area contributed by atoms with Gasteiger partial charge in [0.25, 0.3) is 0 Å². The summed E-state index contributed by atoms with van der Waals surface area (Å²) < 4.78 is 24.8. The summed E-state index contributed by atoms with van der Waals surface area (Å²) in [6.45, 7) is 5.52. The molecule has 0 aromatic heterocycles. The van der Waals surface area contributed by atoms with Gasteiger partial charge in [-0.3, -0.25) is 9.52 Å². The lowest BCUT2D eigenvalue weighted by molar-refractivity contribution is -0.123. The zero-order chi connectivity index (χ0) is 15.6. The predicted molar refractivity (Wildman–Crippen MR) is 81.1 cm³/mol. The van der Waals surface area contributed by atoms with Gasteiger partial charge in [0.05, 0.1) is 17.4 Å². The molecular formula is C13H21N3O3S. The molecular weight excluding hydrogens is 278 g/mol. The minimum atomic E-state index is -3.32. The van der Waals surface area contributed by atoms with Crippen LogP contribution >= 0.6 is 0 Å². The summed E-state index contributed by atoms with van der Waals surface area (Å²) in [5, 5.41) is 2.77. The van der Waals surface area contributed by atoms with Gasteiger partial charge in [-0.25, -0.2) is 8.42 Å². The highest BCUT2D eigenvalue weighted by Gasteiger charge is 2.25. The second-order valence-electron chi connectivity index (χ2n) is 5.45. The number of nitrogens with one attached hydrogen (secondary N) is 2. The van der Waals surface area contributed by atoms with E-state index >= 15 is 0 Å². The van der Waals surface area contributed by atoms with E-state index in [1.54, 1.807) is 39.0 Å². The second-order valence-corrected chi connectivity index (χ2v) is 7.19. The molecule has 0 unspecified atom stereocenters. The Labute approximate surface area is 119 Å².